The van der Waals surface area contributed by atoms with Crippen LogP contribution in [0.5, 0.6) is 0 Å². The molecule has 0 saturated carbocycles. The van der Waals surface area contributed by atoms with Gasteiger partial charge in [-0.2, -0.15) is 0 Å². The Bertz CT molecular complexity index is 253. The molecule has 74 valence electrons. The lowest BCUT2D eigenvalue weighted by Gasteiger charge is -2.07. The van der Waals surface area contributed by atoms with Crippen LogP contribution in [0.3, 0.4) is 0 Å². The summed E-state index contributed by atoms with van der Waals surface area (Å²) in [6, 6.07) is 0. The van der Waals surface area contributed by atoms with E-state index >= 15 is 0 Å². The van der Waals surface area contributed by atoms with E-state index in [1.807, 2.05) is 0 Å². The van der Waals surface area contributed by atoms with E-state index in [2.05, 4.69) is 20.8 Å². The van der Waals surface area contributed by atoms with Gasteiger partial charge in [-0.1, -0.05) is 11.8 Å². The highest BCUT2D eigenvalue weighted by molar-refractivity contribution is 7.99. The summed E-state index contributed by atoms with van der Waals surface area (Å²) in [4.78, 5) is 0. The number of hydrogen-bond donors (Lipinski definition) is 2. The van der Waals surface area contributed by atoms with Gasteiger partial charge in [0.2, 0.25) is 5.16 Å². The second-order valence-electron chi connectivity index (χ2n) is 2.61. The second kappa shape index (κ2) is 5.15. The molecule has 13 heavy (non-hydrogen) atoms. The van der Waals surface area contributed by atoms with Gasteiger partial charge >= 0.3 is 0 Å². The van der Waals surface area contributed by atoms with Gasteiger partial charge in [-0.05, 0) is 17.5 Å². The summed E-state index contributed by atoms with van der Waals surface area (Å²) in [6.45, 7) is 0.582. The first-order chi connectivity index (χ1) is 6.24. The molecule has 1 unspecified atom stereocenters. The lowest BCUT2D eigenvalue weighted by Crippen LogP contribution is -2.25. The van der Waals surface area contributed by atoms with Crippen LogP contribution in [0.4, 0.5) is 0 Å². The van der Waals surface area contributed by atoms with Crippen molar-refractivity contribution in [3.8, 4) is 0 Å². The van der Waals surface area contributed by atoms with Crippen LogP contribution in [0, 0.1) is 0 Å². The minimum atomic E-state index is -0.369. The molecule has 0 radical (unpaired) electrons. The zero-order valence-electron chi connectivity index (χ0n) is 7.64. The van der Waals surface area contributed by atoms with Gasteiger partial charge in [0.25, 0.3) is 0 Å². The Labute approximate surface area is 80.7 Å². The van der Waals surface area contributed by atoms with Crippen LogP contribution in [0.25, 0.3) is 0 Å². The maximum absolute atomic E-state index is 9.38. The summed E-state index contributed by atoms with van der Waals surface area (Å²) in [6.07, 6.45) is -0.369. The molecule has 1 aromatic heterocycles. The third-order valence-electron chi connectivity index (χ3n) is 1.43. The molecule has 0 aliphatic heterocycles. The molecule has 1 heterocycles. The lowest BCUT2D eigenvalue weighted by atomic mass is 10.4. The molecule has 2 N–H and O–H groups in total. The molecule has 0 aromatic carbocycles. The SMILES string of the molecule is CNCC(O)CSc1nnnn1C. The van der Waals surface area contributed by atoms with Gasteiger partial charge in [-0.15, -0.1) is 5.10 Å². The maximum Gasteiger partial charge on any atom is 0.209 e. The van der Waals surface area contributed by atoms with Gasteiger partial charge in [-0.25, -0.2) is 4.68 Å². The molecule has 1 rings (SSSR count). The Hall–Kier alpha value is -0.660. The van der Waals surface area contributed by atoms with Crippen molar-refractivity contribution in [1.82, 2.24) is 25.5 Å². The quantitative estimate of drug-likeness (QED) is 0.591. The minimum absolute atomic E-state index is 0.369. The number of aliphatic hydroxyl groups excluding tert-OH is 1. The van der Waals surface area contributed by atoms with Crippen LogP contribution in [0.1, 0.15) is 0 Å². The fraction of sp³-hybridized carbons (Fsp3) is 0.833. The van der Waals surface area contributed by atoms with Crippen LogP contribution in [0.15, 0.2) is 5.16 Å². The standard InChI is InChI=1S/C6H13N5OS/c1-7-3-5(12)4-13-6-8-9-10-11(6)2/h5,7,12H,3-4H2,1-2H3. The molecular formula is C6H13N5OS. The van der Waals surface area contributed by atoms with Gasteiger partial charge in [0.1, 0.15) is 0 Å². The maximum atomic E-state index is 9.38. The number of rotatable bonds is 5. The highest BCUT2D eigenvalue weighted by Gasteiger charge is 2.07. The molecule has 1 atom stereocenters. The van der Waals surface area contributed by atoms with Gasteiger partial charge in [0.05, 0.1) is 6.10 Å². The van der Waals surface area contributed by atoms with E-state index in [0.29, 0.717) is 12.3 Å². The summed E-state index contributed by atoms with van der Waals surface area (Å²) < 4.78 is 1.58. The first-order valence-electron chi connectivity index (χ1n) is 3.92. The van der Waals surface area contributed by atoms with E-state index in [9.17, 15) is 5.11 Å². The van der Waals surface area contributed by atoms with Crippen molar-refractivity contribution >= 4 is 11.8 Å². The summed E-state index contributed by atoms with van der Waals surface area (Å²) in [7, 11) is 3.57. The largest absolute Gasteiger partial charge is 0.391 e. The molecule has 0 spiro atoms. The Balaban J connectivity index is 2.30. The normalized spacial score (nSPS) is 13.2. The van der Waals surface area contributed by atoms with E-state index in [1.54, 1.807) is 18.8 Å². The second-order valence-corrected chi connectivity index (χ2v) is 3.59. The van der Waals surface area contributed by atoms with Crippen molar-refractivity contribution in [3.05, 3.63) is 0 Å². The van der Waals surface area contributed by atoms with Gasteiger partial charge in [0.15, 0.2) is 0 Å². The van der Waals surface area contributed by atoms with Crippen molar-refractivity contribution in [2.45, 2.75) is 11.3 Å². The molecule has 0 aliphatic rings. The fourth-order valence-corrected chi connectivity index (χ4v) is 1.59. The van der Waals surface area contributed by atoms with Crippen molar-refractivity contribution in [2.24, 2.45) is 7.05 Å². The predicted molar refractivity (Wildman–Crippen MR) is 49.5 cm³/mol. The first-order valence-corrected chi connectivity index (χ1v) is 4.90. The number of nitrogens with zero attached hydrogens (tertiary/aromatic N) is 4. The van der Waals surface area contributed by atoms with Crippen LogP contribution in [0.2, 0.25) is 0 Å². The average Bonchev–Trinajstić information content (AvgIpc) is 2.48. The molecule has 0 fully saturated rings. The first kappa shape index (κ1) is 10.4. The number of tetrazole rings is 1. The average molecular weight is 203 g/mol. The fourth-order valence-electron chi connectivity index (χ4n) is 0.809. The van der Waals surface area contributed by atoms with Crippen molar-refractivity contribution in [1.29, 1.82) is 0 Å². The van der Waals surface area contributed by atoms with Crippen LogP contribution < -0.4 is 5.32 Å². The summed E-state index contributed by atoms with van der Waals surface area (Å²) in [5.41, 5.74) is 0. The van der Waals surface area contributed by atoms with E-state index < -0.39 is 0 Å². The monoisotopic (exact) mass is 203 g/mol. The van der Waals surface area contributed by atoms with Gasteiger partial charge < -0.3 is 10.4 Å². The van der Waals surface area contributed by atoms with Crippen molar-refractivity contribution in [3.63, 3.8) is 0 Å². The van der Waals surface area contributed by atoms with Gasteiger partial charge in [-0.3, -0.25) is 0 Å². The Morgan fingerprint density at radius 1 is 1.69 bits per heavy atom. The Kier molecular flexibility index (Phi) is 4.13. The Morgan fingerprint density at radius 2 is 2.46 bits per heavy atom. The van der Waals surface area contributed by atoms with Gasteiger partial charge in [0, 0.05) is 19.3 Å². The van der Waals surface area contributed by atoms with Crippen LogP contribution in [-0.4, -0.2) is 50.8 Å². The number of nitrogens with one attached hydrogen (secondary N) is 1. The molecule has 6 nitrogen and oxygen atoms in total. The third-order valence-corrected chi connectivity index (χ3v) is 2.58. The molecule has 0 amide bonds. The lowest BCUT2D eigenvalue weighted by molar-refractivity contribution is 0.199. The van der Waals surface area contributed by atoms with Crippen molar-refractivity contribution in [2.75, 3.05) is 19.3 Å². The molecule has 0 bridgehead atoms. The molecule has 7 heteroatoms. The molecule has 1 aromatic rings. The highest BCUT2D eigenvalue weighted by atomic mass is 32.2. The van der Waals surface area contributed by atoms with E-state index in [4.69, 9.17) is 0 Å². The predicted octanol–water partition coefficient (Wildman–Crippen LogP) is -1.12. The van der Waals surface area contributed by atoms with Crippen LogP contribution in [-0.2, 0) is 7.05 Å². The number of thioether (sulfide) groups is 1. The topological polar surface area (TPSA) is 75.9 Å². The number of likely N-dealkylation sites (N-methyl/N-ethyl adjacent to an activating group) is 1. The van der Waals surface area contributed by atoms with E-state index in [0.717, 1.165) is 5.16 Å². The van der Waals surface area contributed by atoms with Crippen molar-refractivity contribution < 1.29 is 5.11 Å². The summed E-state index contributed by atoms with van der Waals surface area (Å²) >= 11 is 1.44. The molecule has 0 saturated heterocycles. The zero-order valence-corrected chi connectivity index (χ0v) is 8.45. The van der Waals surface area contributed by atoms with E-state index in [1.165, 1.54) is 11.8 Å². The number of aromatic nitrogens is 4. The zero-order chi connectivity index (χ0) is 9.68. The number of aliphatic hydroxyl groups is 1. The summed E-state index contributed by atoms with van der Waals surface area (Å²) in [5, 5.41) is 23.9. The smallest absolute Gasteiger partial charge is 0.209 e. The minimum Gasteiger partial charge on any atom is -0.391 e. The number of hydrogen-bond acceptors (Lipinski definition) is 6. The number of aryl methyl sites for hydroxylation is 1. The highest BCUT2D eigenvalue weighted by Crippen LogP contribution is 2.12. The third kappa shape index (κ3) is 3.29. The Morgan fingerprint density at radius 3 is 3.00 bits per heavy atom. The van der Waals surface area contributed by atoms with Crippen LogP contribution >= 0.6 is 11.8 Å². The summed E-state index contributed by atoms with van der Waals surface area (Å²) in [5.74, 6) is 0.592. The molecular weight excluding hydrogens is 190 g/mol. The van der Waals surface area contributed by atoms with E-state index in [-0.39, 0.29) is 6.10 Å². The molecule has 0 aliphatic carbocycles.